The van der Waals surface area contributed by atoms with Crippen molar-refractivity contribution in [1.29, 1.82) is 0 Å². The average Bonchev–Trinajstić information content (AvgIpc) is 2.86. The van der Waals surface area contributed by atoms with Gasteiger partial charge < -0.3 is 15.0 Å². The lowest BCUT2D eigenvalue weighted by Crippen LogP contribution is -2.57. The van der Waals surface area contributed by atoms with E-state index in [1.165, 1.54) is 0 Å². The topological polar surface area (TPSA) is 107 Å². The SMILES string of the molecule is COc1ccccc1NC1CN(C(=O)c2ccc(NS(O)(O)c3cccc4cccnc34)c(C)c2)C1. The number of aromatic nitrogens is 1. The Bertz CT molecular complexity index is 1420. The Morgan fingerprint density at radius 2 is 1.81 bits per heavy atom. The third-order valence-electron chi connectivity index (χ3n) is 6.26. The van der Waals surface area contributed by atoms with Gasteiger partial charge in [0.15, 0.2) is 0 Å². The zero-order valence-corrected chi connectivity index (χ0v) is 20.8. The largest absolute Gasteiger partial charge is 0.495 e. The van der Waals surface area contributed by atoms with E-state index >= 15 is 0 Å². The molecule has 186 valence electrons. The minimum absolute atomic E-state index is 0.0624. The molecule has 8 nitrogen and oxygen atoms in total. The molecule has 5 rings (SSSR count). The van der Waals surface area contributed by atoms with Crippen molar-refractivity contribution in [2.24, 2.45) is 0 Å². The lowest BCUT2D eigenvalue weighted by atomic mass is 10.0. The van der Waals surface area contributed by atoms with Crippen LogP contribution in [-0.4, -0.2) is 51.1 Å². The van der Waals surface area contributed by atoms with Crippen LogP contribution in [0.5, 0.6) is 5.75 Å². The van der Waals surface area contributed by atoms with Gasteiger partial charge in [-0.1, -0.05) is 41.1 Å². The van der Waals surface area contributed by atoms with E-state index in [9.17, 15) is 13.9 Å². The summed E-state index contributed by atoms with van der Waals surface area (Å²) < 4.78 is 30.2. The number of carbonyl (C=O) groups excluding carboxylic acids is 1. The predicted octanol–water partition coefficient (Wildman–Crippen LogP) is 5.62. The molecule has 1 aliphatic rings. The van der Waals surface area contributed by atoms with Crippen LogP contribution in [0.1, 0.15) is 15.9 Å². The number of nitrogens with one attached hydrogen (secondary N) is 2. The van der Waals surface area contributed by atoms with Gasteiger partial charge in [0.05, 0.1) is 30.0 Å². The molecule has 2 heterocycles. The molecule has 0 radical (unpaired) electrons. The Hall–Kier alpha value is -3.79. The zero-order chi connectivity index (χ0) is 25.3. The second kappa shape index (κ2) is 9.69. The van der Waals surface area contributed by atoms with Crippen LogP contribution in [0.3, 0.4) is 0 Å². The van der Waals surface area contributed by atoms with Gasteiger partial charge in [0, 0.05) is 30.2 Å². The zero-order valence-electron chi connectivity index (χ0n) is 20.0. The molecule has 1 aromatic heterocycles. The summed E-state index contributed by atoms with van der Waals surface area (Å²) in [7, 11) is -1.74. The molecule has 0 atom stereocenters. The lowest BCUT2D eigenvalue weighted by molar-refractivity contribution is 0.0625. The Balaban J connectivity index is 1.26. The van der Waals surface area contributed by atoms with Crippen LogP contribution in [0.15, 0.2) is 83.9 Å². The van der Waals surface area contributed by atoms with Crippen molar-refractivity contribution in [2.75, 3.05) is 30.2 Å². The Morgan fingerprint density at radius 1 is 1.03 bits per heavy atom. The van der Waals surface area contributed by atoms with Crippen LogP contribution in [0, 0.1) is 6.92 Å². The molecular formula is C27H28N4O4S. The highest BCUT2D eigenvalue weighted by molar-refractivity contribution is 8.25. The molecule has 4 aromatic rings. The number of ether oxygens (including phenoxy) is 1. The number of hydrogen-bond donors (Lipinski definition) is 4. The van der Waals surface area contributed by atoms with Crippen molar-refractivity contribution in [3.05, 3.63) is 90.1 Å². The number of likely N-dealkylation sites (tertiary alicyclic amines) is 1. The highest BCUT2D eigenvalue weighted by Gasteiger charge is 2.32. The second-order valence-corrected chi connectivity index (χ2v) is 10.5. The molecular weight excluding hydrogens is 476 g/mol. The van der Waals surface area contributed by atoms with Crippen LogP contribution in [0.2, 0.25) is 0 Å². The summed E-state index contributed by atoms with van der Waals surface area (Å²) in [6, 6.07) is 22.0. The van der Waals surface area contributed by atoms with E-state index < -0.39 is 10.8 Å². The number of amides is 1. The number of pyridine rings is 1. The molecule has 0 saturated carbocycles. The molecule has 0 bridgehead atoms. The van der Waals surface area contributed by atoms with Crippen molar-refractivity contribution in [3.8, 4) is 5.75 Å². The van der Waals surface area contributed by atoms with Gasteiger partial charge in [-0.25, -0.2) is 0 Å². The summed E-state index contributed by atoms with van der Waals surface area (Å²) in [5, 5.41) is 4.24. The van der Waals surface area contributed by atoms with Gasteiger partial charge in [0.2, 0.25) is 0 Å². The molecule has 36 heavy (non-hydrogen) atoms. The number of anilines is 2. The summed E-state index contributed by atoms with van der Waals surface area (Å²) in [6.45, 7) is 3.01. The maximum atomic E-state index is 13.0. The van der Waals surface area contributed by atoms with Gasteiger partial charge in [-0.2, -0.15) is 0 Å². The van der Waals surface area contributed by atoms with Crippen LogP contribution < -0.4 is 14.8 Å². The Kier molecular flexibility index (Phi) is 6.44. The smallest absolute Gasteiger partial charge is 0.254 e. The third-order valence-corrected chi connectivity index (χ3v) is 7.71. The molecule has 1 amide bonds. The summed E-state index contributed by atoms with van der Waals surface area (Å²) in [4.78, 5) is 19.5. The van der Waals surface area contributed by atoms with Gasteiger partial charge in [-0.15, -0.1) is 0 Å². The van der Waals surface area contributed by atoms with E-state index in [-0.39, 0.29) is 11.9 Å². The van der Waals surface area contributed by atoms with E-state index in [0.29, 0.717) is 34.8 Å². The fourth-order valence-electron chi connectivity index (χ4n) is 4.33. The van der Waals surface area contributed by atoms with Crippen LogP contribution in [-0.2, 0) is 0 Å². The summed E-state index contributed by atoms with van der Waals surface area (Å²) >= 11 is 0. The summed E-state index contributed by atoms with van der Waals surface area (Å²) in [5.74, 6) is 0.707. The molecule has 9 heteroatoms. The molecule has 1 aliphatic heterocycles. The molecule has 1 fully saturated rings. The third kappa shape index (κ3) is 4.68. The summed E-state index contributed by atoms with van der Waals surface area (Å²) in [5.41, 5.74) is 3.27. The van der Waals surface area contributed by atoms with E-state index in [2.05, 4.69) is 15.0 Å². The van der Waals surface area contributed by atoms with E-state index in [4.69, 9.17) is 4.74 Å². The quantitative estimate of drug-likeness (QED) is 0.259. The first-order valence-corrected chi connectivity index (χ1v) is 13.1. The Labute approximate surface area is 211 Å². The van der Waals surface area contributed by atoms with Crippen LogP contribution in [0.25, 0.3) is 10.9 Å². The number of benzene rings is 3. The number of methoxy groups -OCH3 is 1. The van der Waals surface area contributed by atoms with E-state index in [1.807, 2.05) is 43.3 Å². The molecule has 0 aliphatic carbocycles. The number of rotatable bonds is 7. The minimum Gasteiger partial charge on any atom is -0.495 e. The maximum absolute atomic E-state index is 13.0. The standard InChI is InChI=1S/C27H28N4O4S/c1-18-15-20(27(32)31-16-21(17-31)29-23-9-3-4-10-24(23)35-2)12-13-22(18)30-36(33,34)25-11-5-7-19-8-6-14-28-26(19)25/h3-15,21,29-30,33-34H,16-17H2,1-2H3. The first-order valence-electron chi connectivity index (χ1n) is 11.5. The van der Waals surface area contributed by atoms with Crippen LogP contribution in [0.4, 0.5) is 11.4 Å². The minimum atomic E-state index is -3.37. The van der Waals surface area contributed by atoms with Crippen molar-refractivity contribution in [1.82, 2.24) is 9.88 Å². The molecule has 1 saturated heterocycles. The van der Waals surface area contributed by atoms with E-state index in [0.717, 1.165) is 22.4 Å². The molecule has 0 spiro atoms. The fraction of sp³-hybridized carbons (Fsp3) is 0.185. The number of aryl methyl sites for hydroxylation is 1. The number of fused-ring (bicyclic) bond motifs is 1. The number of hydrogen-bond acceptors (Lipinski definition) is 7. The molecule has 0 unspecified atom stereocenters. The van der Waals surface area contributed by atoms with Gasteiger partial charge in [0.25, 0.3) is 5.91 Å². The number of para-hydroxylation sites is 3. The van der Waals surface area contributed by atoms with Gasteiger partial charge in [0.1, 0.15) is 10.6 Å². The first-order chi connectivity index (χ1) is 17.4. The molecule has 4 N–H and O–H groups in total. The highest BCUT2D eigenvalue weighted by Crippen LogP contribution is 2.50. The number of carbonyl (C=O) groups is 1. The second-order valence-electron chi connectivity index (χ2n) is 8.76. The highest BCUT2D eigenvalue weighted by atomic mass is 32.3. The van der Waals surface area contributed by atoms with Crippen molar-refractivity contribution >= 4 is 39.0 Å². The van der Waals surface area contributed by atoms with Gasteiger partial charge >= 0.3 is 0 Å². The van der Waals surface area contributed by atoms with Crippen LogP contribution >= 0.6 is 10.8 Å². The van der Waals surface area contributed by atoms with Crippen molar-refractivity contribution < 1.29 is 18.6 Å². The Morgan fingerprint density at radius 3 is 2.58 bits per heavy atom. The van der Waals surface area contributed by atoms with Crippen molar-refractivity contribution in [3.63, 3.8) is 0 Å². The monoisotopic (exact) mass is 504 g/mol. The first kappa shape index (κ1) is 23.9. The van der Waals surface area contributed by atoms with Crippen molar-refractivity contribution in [2.45, 2.75) is 17.9 Å². The summed E-state index contributed by atoms with van der Waals surface area (Å²) in [6.07, 6.45) is 1.62. The van der Waals surface area contributed by atoms with E-state index in [1.54, 1.807) is 54.6 Å². The van der Waals surface area contributed by atoms with Gasteiger partial charge in [-0.05, 0) is 55.0 Å². The normalized spacial score (nSPS) is 14.3. The lowest BCUT2D eigenvalue weighted by Gasteiger charge is -2.40. The average molecular weight is 505 g/mol. The predicted molar refractivity (Wildman–Crippen MR) is 144 cm³/mol. The maximum Gasteiger partial charge on any atom is 0.254 e. The number of nitrogens with zero attached hydrogens (tertiary/aromatic N) is 2. The molecule has 3 aromatic carbocycles. The fourth-order valence-corrected chi connectivity index (χ4v) is 5.68. The van der Waals surface area contributed by atoms with Gasteiger partial charge in [-0.3, -0.25) is 23.6 Å².